The summed E-state index contributed by atoms with van der Waals surface area (Å²) in [5.41, 5.74) is 0.942. The summed E-state index contributed by atoms with van der Waals surface area (Å²) >= 11 is 6.62. The molecule has 0 unspecified atom stereocenters. The average molecular weight is 247 g/mol. The molecule has 0 bridgehead atoms. The van der Waals surface area contributed by atoms with E-state index in [0.29, 0.717) is 17.7 Å². The van der Waals surface area contributed by atoms with Crippen molar-refractivity contribution in [2.75, 3.05) is 7.11 Å². The summed E-state index contributed by atoms with van der Waals surface area (Å²) < 4.78 is 14.0. The van der Waals surface area contributed by atoms with Crippen molar-refractivity contribution in [3.63, 3.8) is 0 Å². The third-order valence-electron chi connectivity index (χ3n) is 1.53. The second-order valence-corrected chi connectivity index (χ2v) is 3.59. The van der Waals surface area contributed by atoms with Crippen LogP contribution in [0.25, 0.3) is 0 Å². The van der Waals surface area contributed by atoms with E-state index in [1.807, 2.05) is 6.07 Å². The molecule has 82 valence electrons. The number of methoxy groups -OCH3 is 1. The number of hydrogen-bond donors (Lipinski definition) is 0. The Hall–Kier alpha value is -0.780. The number of halogens is 1. The van der Waals surface area contributed by atoms with Crippen LogP contribution in [0.2, 0.25) is 5.15 Å². The highest BCUT2D eigenvalue weighted by Crippen LogP contribution is 2.11. The molecule has 0 saturated heterocycles. The van der Waals surface area contributed by atoms with E-state index < -0.39 is 0 Å². The molecule has 0 atom stereocenters. The molecule has 0 aliphatic carbocycles. The van der Waals surface area contributed by atoms with Gasteiger partial charge in [-0.25, -0.2) is 4.98 Å². The van der Waals surface area contributed by atoms with E-state index in [2.05, 4.69) is 9.38 Å². The van der Waals surface area contributed by atoms with Gasteiger partial charge in [-0.05, 0) is 11.6 Å². The lowest BCUT2D eigenvalue weighted by molar-refractivity contribution is 0.361. The molecule has 4 nitrogen and oxygen atoms in total. The Balaban J connectivity index is 2.29. The third-order valence-corrected chi connectivity index (χ3v) is 2.31. The van der Waals surface area contributed by atoms with Crippen LogP contribution < -0.4 is 0 Å². The lowest BCUT2D eigenvalue weighted by Crippen LogP contribution is -1.92. The fraction of sp³-hybridized carbons (Fsp3) is 0.333. The first kappa shape index (κ1) is 12.3. The molecule has 1 aromatic heterocycles. The quantitative estimate of drug-likeness (QED) is 0.205. The molecule has 0 fully saturated rings. The molecule has 0 N–H and O–H groups in total. The predicted octanol–water partition coefficient (Wildman–Crippen LogP) is 2.88. The van der Waals surface area contributed by atoms with Crippen molar-refractivity contribution in [1.82, 2.24) is 4.98 Å². The van der Waals surface area contributed by atoms with Gasteiger partial charge in [0.1, 0.15) is 17.4 Å². The first-order valence-corrected chi connectivity index (χ1v) is 5.27. The standard InChI is InChI=1S/C9H11ClN2O2S/c1-7(13-2)12-15-14-6-8-3-4-9(10)11-5-8/h3-5H,6H2,1-2H3. The lowest BCUT2D eigenvalue weighted by atomic mass is 10.3. The largest absolute Gasteiger partial charge is 0.484 e. The zero-order valence-electron chi connectivity index (χ0n) is 8.44. The van der Waals surface area contributed by atoms with Gasteiger partial charge in [-0.1, -0.05) is 17.7 Å². The molecule has 1 aromatic rings. The first-order valence-electron chi connectivity index (χ1n) is 4.20. The van der Waals surface area contributed by atoms with Gasteiger partial charge in [0.05, 0.1) is 13.7 Å². The van der Waals surface area contributed by atoms with E-state index in [-0.39, 0.29) is 0 Å². The second-order valence-electron chi connectivity index (χ2n) is 2.64. The Kier molecular flexibility index (Phi) is 5.45. The summed E-state index contributed by atoms with van der Waals surface area (Å²) in [6.45, 7) is 2.18. The monoisotopic (exact) mass is 246 g/mol. The summed E-state index contributed by atoms with van der Waals surface area (Å²) in [4.78, 5) is 3.92. The van der Waals surface area contributed by atoms with E-state index in [0.717, 1.165) is 17.8 Å². The average Bonchev–Trinajstić information content (AvgIpc) is 2.26. The highest BCUT2D eigenvalue weighted by molar-refractivity contribution is 7.93. The Morgan fingerprint density at radius 2 is 2.40 bits per heavy atom. The molecule has 0 saturated carbocycles. The van der Waals surface area contributed by atoms with Crippen LogP contribution in [0.3, 0.4) is 0 Å². The minimum atomic E-state index is 0.426. The van der Waals surface area contributed by atoms with E-state index in [1.165, 1.54) is 0 Å². The first-order chi connectivity index (χ1) is 7.22. The van der Waals surface area contributed by atoms with Crippen LogP contribution in [0.15, 0.2) is 22.7 Å². The molecular formula is C9H11ClN2O2S. The SMILES string of the molecule is COC(C)=NSOCc1ccc(Cl)nc1. The van der Waals surface area contributed by atoms with Crippen molar-refractivity contribution in [3.05, 3.63) is 29.0 Å². The highest BCUT2D eigenvalue weighted by atomic mass is 35.5. The maximum Gasteiger partial charge on any atom is 0.193 e. The van der Waals surface area contributed by atoms with Crippen LogP contribution in [-0.4, -0.2) is 18.0 Å². The van der Waals surface area contributed by atoms with Crippen molar-refractivity contribution >= 4 is 29.7 Å². The van der Waals surface area contributed by atoms with Gasteiger partial charge in [0.25, 0.3) is 0 Å². The number of pyridine rings is 1. The number of ether oxygens (including phenoxy) is 1. The molecule has 0 aromatic carbocycles. The van der Waals surface area contributed by atoms with Crippen molar-refractivity contribution < 1.29 is 8.92 Å². The maximum absolute atomic E-state index is 5.64. The van der Waals surface area contributed by atoms with Crippen molar-refractivity contribution in [2.45, 2.75) is 13.5 Å². The maximum atomic E-state index is 5.64. The number of aromatic nitrogens is 1. The molecule has 1 heterocycles. The summed E-state index contributed by atoms with van der Waals surface area (Å²) in [5.74, 6) is 0.564. The number of hydrogen-bond acceptors (Lipinski definition) is 5. The smallest absolute Gasteiger partial charge is 0.193 e. The normalized spacial score (nSPS) is 11.5. The second kappa shape index (κ2) is 6.66. The van der Waals surface area contributed by atoms with Crippen molar-refractivity contribution in [3.8, 4) is 0 Å². The molecule has 1 rings (SSSR count). The van der Waals surface area contributed by atoms with Crippen molar-refractivity contribution in [2.24, 2.45) is 4.40 Å². The Bertz CT molecular complexity index is 329. The molecule has 0 aliphatic rings. The van der Waals surface area contributed by atoms with Gasteiger partial charge in [-0.2, -0.15) is 4.40 Å². The molecule has 0 aliphatic heterocycles. The Labute approximate surface area is 98.0 Å². The van der Waals surface area contributed by atoms with E-state index >= 15 is 0 Å². The van der Waals surface area contributed by atoms with Crippen LogP contribution in [0.5, 0.6) is 0 Å². The minimum Gasteiger partial charge on any atom is -0.484 e. The van der Waals surface area contributed by atoms with Crippen LogP contribution in [0.1, 0.15) is 12.5 Å². The topological polar surface area (TPSA) is 43.7 Å². The van der Waals surface area contributed by atoms with Crippen LogP contribution >= 0.6 is 23.8 Å². The fourth-order valence-electron chi connectivity index (χ4n) is 0.702. The van der Waals surface area contributed by atoms with Gasteiger partial charge in [0, 0.05) is 13.1 Å². The number of rotatable bonds is 4. The highest BCUT2D eigenvalue weighted by Gasteiger charge is 1.95. The zero-order chi connectivity index (χ0) is 11.1. The van der Waals surface area contributed by atoms with Crippen molar-refractivity contribution in [1.29, 1.82) is 0 Å². The predicted molar refractivity (Wildman–Crippen MR) is 61.7 cm³/mol. The Morgan fingerprint density at radius 3 is 3.00 bits per heavy atom. The molecule has 0 radical (unpaired) electrons. The summed E-state index contributed by atoms with van der Waals surface area (Å²) in [6.07, 6.45) is 1.66. The molecule has 15 heavy (non-hydrogen) atoms. The fourth-order valence-corrected chi connectivity index (χ4v) is 1.24. The Morgan fingerprint density at radius 1 is 1.60 bits per heavy atom. The van der Waals surface area contributed by atoms with E-state index in [1.54, 1.807) is 26.3 Å². The van der Waals surface area contributed by atoms with Crippen LogP contribution in [-0.2, 0) is 15.5 Å². The van der Waals surface area contributed by atoms with Gasteiger partial charge in [0.15, 0.2) is 5.90 Å². The van der Waals surface area contributed by atoms with Crippen LogP contribution in [0, 0.1) is 0 Å². The summed E-state index contributed by atoms with van der Waals surface area (Å²) in [7, 11) is 1.56. The molecule has 0 spiro atoms. The van der Waals surface area contributed by atoms with Gasteiger partial charge >= 0.3 is 0 Å². The van der Waals surface area contributed by atoms with Gasteiger partial charge < -0.3 is 4.74 Å². The molecule has 0 amide bonds. The zero-order valence-corrected chi connectivity index (χ0v) is 10.0. The van der Waals surface area contributed by atoms with E-state index in [9.17, 15) is 0 Å². The molecular weight excluding hydrogens is 236 g/mol. The lowest BCUT2D eigenvalue weighted by Gasteiger charge is -2.00. The van der Waals surface area contributed by atoms with Gasteiger partial charge in [-0.3, -0.25) is 4.18 Å². The van der Waals surface area contributed by atoms with Gasteiger partial charge in [0.2, 0.25) is 0 Å². The summed E-state index contributed by atoms with van der Waals surface area (Å²) in [5, 5.41) is 0.472. The minimum absolute atomic E-state index is 0.426. The van der Waals surface area contributed by atoms with E-state index in [4.69, 9.17) is 20.5 Å². The molecule has 6 heteroatoms. The van der Waals surface area contributed by atoms with Crippen LogP contribution in [0.4, 0.5) is 0 Å². The number of nitrogens with zero attached hydrogens (tertiary/aromatic N) is 2. The van der Waals surface area contributed by atoms with Gasteiger partial charge in [-0.15, -0.1) is 0 Å². The third kappa shape index (κ3) is 5.01. The summed E-state index contributed by atoms with van der Waals surface area (Å²) in [6, 6.07) is 3.57.